The van der Waals surface area contributed by atoms with Gasteiger partial charge in [-0.2, -0.15) is 0 Å². The number of Topliss-reactive ketones (excluding diaryl/α,β-unsaturated/α-hetero) is 1. The number of benzene rings is 2. The van der Waals surface area contributed by atoms with E-state index in [0.717, 1.165) is 11.1 Å². The number of carbonyl (C=O) groups excluding carboxylic acids is 1. The smallest absolute Gasteiger partial charge is 0.169 e. The minimum atomic E-state index is -1.12. The highest BCUT2D eigenvalue weighted by molar-refractivity contribution is 9.07. The van der Waals surface area contributed by atoms with Crippen LogP contribution >= 0.6 is 32.3 Å². The Balaban J connectivity index is 1.95. The molecule has 0 saturated carbocycles. The molecule has 0 aliphatic carbocycles. The summed E-state index contributed by atoms with van der Waals surface area (Å²) in [6.45, 7) is 0. The molecule has 0 N–H and O–H groups in total. The third-order valence-corrected chi connectivity index (χ3v) is 7.34. The Bertz CT molecular complexity index is 1150. The molecule has 0 bridgehead atoms. The number of hydrogen-bond donors (Lipinski definition) is 0. The number of ketones is 1. The SMILES string of the molecule is COc1ccc(C2(C(=O)C3(c4ccc(OC)c(OC)c4)C=CN(Br)C=C3)C=CN(Br)C=C2)cc1OC. The van der Waals surface area contributed by atoms with Crippen LogP contribution in [0.25, 0.3) is 0 Å². The molecule has 0 aromatic heterocycles. The first-order valence-corrected chi connectivity index (χ1v) is 12.4. The molecule has 0 fully saturated rings. The summed E-state index contributed by atoms with van der Waals surface area (Å²) >= 11 is 6.88. The molecule has 2 heterocycles. The summed E-state index contributed by atoms with van der Waals surface area (Å²) in [5, 5.41) is 0. The molecule has 2 aromatic carbocycles. The number of hydrogen-bond acceptors (Lipinski definition) is 7. The van der Waals surface area contributed by atoms with E-state index in [-0.39, 0.29) is 5.78 Å². The highest BCUT2D eigenvalue weighted by atomic mass is 79.9. The Morgan fingerprint density at radius 1 is 0.611 bits per heavy atom. The van der Waals surface area contributed by atoms with E-state index in [1.807, 2.05) is 73.4 Å². The Morgan fingerprint density at radius 3 is 1.25 bits per heavy atom. The van der Waals surface area contributed by atoms with Crippen molar-refractivity contribution in [3.05, 3.63) is 96.6 Å². The summed E-state index contributed by atoms with van der Waals surface area (Å²) in [6, 6.07) is 11.1. The summed E-state index contributed by atoms with van der Waals surface area (Å²) in [5.74, 6) is 2.14. The molecule has 2 aromatic rings. The standard InChI is InChI=1S/C27H26Br2N2O5/c1-33-21-7-5-19(17-23(21)35-3)26(9-13-30(28)14-10-26)25(32)27(11-15-31(29)16-12-27)20-6-8-22(34-2)24(18-20)36-4/h5-18H,1-4H3. The highest BCUT2D eigenvalue weighted by Crippen LogP contribution is 2.46. The molecule has 7 nitrogen and oxygen atoms in total. The fourth-order valence-electron chi connectivity index (χ4n) is 4.44. The zero-order chi connectivity index (χ0) is 25.9. The van der Waals surface area contributed by atoms with E-state index in [0.29, 0.717) is 23.0 Å². The summed E-state index contributed by atoms with van der Waals surface area (Å²) < 4.78 is 25.4. The minimum absolute atomic E-state index is 0.0874. The van der Waals surface area contributed by atoms with E-state index in [2.05, 4.69) is 32.3 Å². The molecule has 9 heteroatoms. The van der Waals surface area contributed by atoms with Gasteiger partial charge in [0, 0.05) is 24.8 Å². The van der Waals surface area contributed by atoms with Crippen molar-refractivity contribution in [2.45, 2.75) is 10.8 Å². The average Bonchev–Trinajstić information content (AvgIpc) is 2.93. The predicted octanol–water partition coefficient (Wildman–Crippen LogP) is 5.77. The van der Waals surface area contributed by atoms with Crippen LogP contribution in [0.15, 0.2) is 85.5 Å². The van der Waals surface area contributed by atoms with Gasteiger partial charge in [-0.15, -0.1) is 0 Å². The van der Waals surface area contributed by atoms with Gasteiger partial charge in [0.05, 0.1) is 71.6 Å². The molecule has 188 valence electrons. The quantitative estimate of drug-likeness (QED) is 0.349. The van der Waals surface area contributed by atoms with Gasteiger partial charge < -0.3 is 18.9 Å². The molecular weight excluding hydrogens is 592 g/mol. The normalized spacial score (nSPS) is 17.2. The third kappa shape index (κ3) is 4.41. The second-order valence-electron chi connectivity index (χ2n) is 8.16. The van der Waals surface area contributed by atoms with Gasteiger partial charge >= 0.3 is 0 Å². The lowest BCUT2D eigenvalue weighted by atomic mass is 9.63. The third-order valence-electron chi connectivity index (χ3n) is 6.39. The summed E-state index contributed by atoms with van der Waals surface area (Å²) in [7, 11) is 6.31. The van der Waals surface area contributed by atoms with Gasteiger partial charge in [0.2, 0.25) is 0 Å². The molecule has 2 aliphatic heterocycles. The van der Waals surface area contributed by atoms with Gasteiger partial charge in [-0.1, -0.05) is 12.1 Å². The zero-order valence-corrected chi connectivity index (χ0v) is 23.4. The zero-order valence-electron chi connectivity index (χ0n) is 20.3. The summed E-state index contributed by atoms with van der Waals surface area (Å²) in [4.78, 5) is 14.9. The van der Waals surface area contributed by atoms with Crippen molar-refractivity contribution in [1.82, 2.24) is 7.85 Å². The first-order valence-electron chi connectivity index (χ1n) is 11.0. The monoisotopic (exact) mass is 616 g/mol. The molecule has 0 amide bonds. The van der Waals surface area contributed by atoms with E-state index in [9.17, 15) is 4.79 Å². The van der Waals surface area contributed by atoms with Gasteiger partial charge in [0.25, 0.3) is 0 Å². The molecule has 0 radical (unpaired) electrons. The molecule has 0 atom stereocenters. The molecule has 0 unspecified atom stereocenters. The number of carbonyl (C=O) groups is 1. The Labute approximate surface area is 227 Å². The fraction of sp³-hybridized carbons (Fsp3) is 0.222. The van der Waals surface area contributed by atoms with E-state index >= 15 is 0 Å². The number of rotatable bonds is 8. The lowest BCUT2D eigenvalue weighted by molar-refractivity contribution is -0.124. The van der Waals surface area contributed by atoms with Crippen molar-refractivity contribution in [1.29, 1.82) is 0 Å². The number of halogens is 2. The van der Waals surface area contributed by atoms with Gasteiger partial charge in [0.1, 0.15) is 0 Å². The first-order chi connectivity index (χ1) is 17.3. The van der Waals surface area contributed by atoms with E-state index in [1.54, 1.807) is 48.4 Å². The van der Waals surface area contributed by atoms with Crippen molar-refractivity contribution < 1.29 is 23.7 Å². The maximum atomic E-state index is 14.9. The Morgan fingerprint density at radius 2 is 0.944 bits per heavy atom. The molecule has 0 spiro atoms. The van der Waals surface area contributed by atoms with Crippen LogP contribution in [-0.2, 0) is 15.6 Å². The number of ether oxygens (including phenoxy) is 4. The van der Waals surface area contributed by atoms with Crippen LogP contribution in [0.4, 0.5) is 0 Å². The van der Waals surface area contributed by atoms with Gasteiger partial charge in [0.15, 0.2) is 28.8 Å². The first kappa shape index (κ1) is 25.9. The van der Waals surface area contributed by atoms with Crippen molar-refractivity contribution >= 4 is 38.1 Å². The minimum Gasteiger partial charge on any atom is -0.493 e. The largest absolute Gasteiger partial charge is 0.493 e. The van der Waals surface area contributed by atoms with E-state index < -0.39 is 10.8 Å². The van der Waals surface area contributed by atoms with Crippen LogP contribution in [0.5, 0.6) is 23.0 Å². The number of allylic oxidation sites excluding steroid dienone is 4. The fourth-order valence-corrected chi connectivity index (χ4v) is 4.92. The van der Waals surface area contributed by atoms with Crippen LogP contribution < -0.4 is 18.9 Å². The summed E-state index contributed by atoms with van der Waals surface area (Å²) in [6.07, 6.45) is 14.7. The Hall–Kier alpha value is -3.17. The van der Waals surface area contributed by atoms with E-state index in [1.165, 1.54) is 0 Å². The van der Waals surface area contributed by atoms with Crippen molar-refractivity contribution in [3.8, 4) is 23.0 Å². The van der Waals surface area contributed by atoms with Crippen molar-refractivity contribution in [2.24, 2.45) is 0 Å². The molecular formula is C27H26Br2N2O5. The molecule has 4 rings (SSSR count). The average molecular weight is 618 g/mol. The number of methoxy groups -OCH3 is 4. The molecule has 2 aliphatic rings. The van der Waals surface area contributed by atoms with Gasteiger partial charge in [-0.25, -0.2) is 0 Å². The maximum Gasteiger partial charge on any atom is 0.169 e. The van der Waals surface area contributed by atoms with E-state index in [4.69, 9.17) is 18.9 Å². The van der Waals surface area contributed by atoms with Gasteiger partial charge in [-0.05, 0) is 59.7 Å². The van der Waals surface area contributed by atoms with Gasteiger partial charge in [-0.3, -0.25) is 12.6 Å². The highest BCUT2D eigenvalue weighted by Gasteiger charge is 2.49. The second kappa shape index (κ2) is 10.4. The van der Waals surface area contributed by atoms with Crippen molar-refractivity contribution in [3.63, 3.8) is 0 Å². The van der Waals surface area contributed by atoms with Crippen LogP contribution in [0.1, 0.15) is 11.1 Å². The van der Waals surface area contributed by atoms with Crippen LogP contribution in [-0.4, -0.2) is 42.1 Å². The maximum absolute atomic E-state index is 14.9. The molecule has 0 saturated heterocycles. The number of nitrogens with zero attached hydrogens (tertiary/aromatic N) is 2. The summed E-state index contributed by atoms with van der Waals surface area (Å²) in [5.41, 5.74) is -0.775. The van der Waals surface area contributed by atoms with Crippen LogP contribution in [0.3, 0.4) is 0 Å². The van der Waals surface area contributed by atoms with Crippen molar-refractivity contribution in [2.75, 3.05) is 28.4 Å². The topological polar surface area (TPSA) is 60.5 Å². The van der Waals surface area contributed by atoms with Crippen LogP contribution in [0, 0.1) is 0 Å². The second-order valence-corrected chi connectivity index (χ2v) is 9.80. The lowest BCUT2D eigenvalue weighted by Gasteiger charge is -2.39. The Kier molecular flexibility index (Phi) is 7.51. The van der Waals surface area contributed by atoms with Crippen LogP contribution in [0.2, 0.25) is 0 Å². The lowest BCUT2D eigenvalue weighted by Crippen LogP contribution is -2.47. The predicted molar refractivity (Wildman–Crippen MR) is 146 cm³/mol. The molecule has 36 heavy (non-hydrogen) atoms.